The Labute approximate surface area is 123 Å². The Balaban J connectivity index is 2.37. The Kier molecular flexibility index (Phi) is 4.93. The molecule has 2 aromatic rings. The lowest BCUT2D eigenvalue weighted by molar-refractivity contribution is 0.171. The number of amides is 1. The van der Waals surface area contributed by atoms with Crippen molar-refractivity contribution < 1.29 is 14.3 Å². The summed E-state index contributed by atoms with van der Waals surface area (Å²) in [4.78, 5) is 11.2. The Morgan fingerprint density at radius 1 is 0.952 bits per heavy atom. The Bertz CT molecular complexity index is 622. The van der Waals surface area contributed by atoms with Gasteiger partial charge < -0.3 is 9.47 Å². The van der Waals surface area contributed by atoms with Gasteiger partial charge in [0.2, 0.25) is 0 Å². The highest BCUT2D eigenvalue weighted by Gasteiger charge is 2.08. The Hall–Kier alpha value is -2.82. The first kappa shape index (κ1) is 14.6. The van der Waals surface area contributed by atoms with Gasteiger partial charge in [-0.3, -0.25) is 0 Å². The van der Waals surface area contributed by atoms with Gasteiger partial charge >= 0.3 is 6.09 Å². The summed E-state index contributed by atoms with van der Waals surface area (Å²) >= 11 is 0. The SMILES string of the molecule is COC(=O)N/N=C(/c1ccccc1)c1ccc(OC)cc1. The van der Waals surface area contributed by atoms with Crippen molar-refractivity contribution in [2.24, 2.45) is 5.10 Å². The molecule has 0 fully saturated rings. The minimum atomic E-state index is -0.614. The maximum absolute atomic E-state index is 11.2. The van der Waals surface area contributed by atoms with E-state index in [9.17, 15) is 4.79 Å². The second-order valence-corrected chi connectivity index (χ2v) is 4.16. The van der Waals surface area contributed by atoms with Gasteiger partial charge in [-0.1, -0.05) is 30.3 Å². The molecule has 1 amide bonds. The van der Waals surface area contributed by atoms with E-state index in [0.29, 0.717) is 5.71 Å². The molecule has 0 atom stereocenters. The second-order valence-electron chi connectivity index (χ2n) is 4.16. The van der Waals surface area contributed by atoms with E-state index in [0.717, 1.165) is 16.9 Å². The number of hydrogen-bond donors (Lipinski definition) is 1. The van der Waals surface area contributed by atoms with Crippen LogP contribution < -0.4 is 10.2 Å². The van der Waals surface area contributed by atoms with Crippen LogP contribution >= 0.6 is 0 Å². The predicted molar refractivity (Wildman–Crippen MR) is 80.6 cm³/mol. The van der Waals surface area contributed by atoms with E-state index in [4.69, 9.17) is 4.74 Å². The number of hydrogen-bond acceptors (Lipinski definition) is 4. The van der Waals surface area contributed by atoms with Crippen LogP contribution in [-0.2, 0) is 4.74 Å². The lowest BCUT2D eigenvalue weighted by atomic mass is 10.0. The molecule has 2 rings (SSSR count). The number of nitrogens with one attached hydrogen (secondary N) is 1. The molecular formula is C16H16N2O3. The maximum atomic E-state index is 11.2. The normalized spacial score (nSPS) is 10.9. The second kappa shape index (κ2) is 7.09. The number of benzene rings is 2. The van der Waals surface area contributed by atoms with Crippen LogP contribution in [-0.4, -0.2) is 26.0 Å². The quantitative estimate of drug-likeness (QED) is 0.693. The number of ether oxygens (including phenoxy) is 2. The molecule has 0 spiro atoms. The van der Waals surface area contributed by atoms with Crippen LogP contribution in [0.15, 0.2) is 59.7 Å². The van der Waals surface area contributed by atoms with Gasteiger partial charge in [0.15, 0.2) is 0 Å². The topological polar surface area (TPSA) is 59.9 Å². The van der Waals surface area contributed by atoms with Crippen molar-refractivity contribution in [1.82, 2.24) is 5.43 Å². The molecule has 0 aliphatic rings. The van der Waals surface area contributed by atoms with Crippen LogP contribution in [0.2, 0.25) is 0 Å². The van der Waals surface area contributed by atoms with E-state index in [1.165, 1.54) is 7.11 Å². The molecule has 1 N–H and O–H groups in total. The highest BCUT2D eigenvalue weighted by molar-refractivity contribution is 6.13. The molecular weight excluding hydrogens is 268 g/mol. The fraction of sp³-hybridized carbons (Fsp3) is 0.125. The number of carbonyl (C=O) groups is 1. The predicted octanol–water partition coefficient (Wildman–Crippen LogP) is 2.80. The van der Waals surface area contributed by atoms with Crippen LogP contribution in [0.1, 0.15) is 11.1 Å². The molecule has 0 unspecified atom stereocenters. The summed E-state index contributed by atoms with van der Waals surface area (Å²) in [6.45, 7) is 0. The standard InChI is InChI=1S/C16H16N2O3/c1-20-14-10-8-13(9-11-14)15(17-18-16(19)21-2)12-6-4-3-5-7-12/h3-11H,1-2H3,(H,18,19)/b17-15-. The van der Waals surface area contributed by atoms with Crippen molar-refractivity contribution in [2.45, 2.75) is 0 Å². The lowest BCUT2D eigenvalue weighted by Gasteiger charge is -2.08. The molecule has 108 valence electrons. The zero-order valence-electron chi connectivity index (χ0n) is 11.9. The van der Waals surface area contributed by atoms with Crippen LogP contribution in [0.3, 0.4) is 0 Å². The lowest BCUT2D eigenvalue weighted by Crippen LogP contribution is -2.20. The fourth-order valence-corrected chi connectivity index (χ4v) is 1.79. The van der Waals surface area contributed by atoms with Gasteiger partial charge in [-0.25, -0.2) is 10.2 Å². The van der Waals surface area contributed by atoms with E-state index in [2.05, 4.69) is 15.3 Å². The van der Waals surface area contributed by atoms with Crippen molar-refractivity contribution in [3.05, 3.63) is 65.7 Å². The van der Waals surface area contributed by atoms with E-state index in [-0.39, 0.29) is 0 Å². The van der Waals surface area contributed by atoms with Crippen LogP contribution in [0.4, 0.5) is 4.79 Å². The summed E-state index contributed by atoms with van der Waals surface area (Å²) in [7, 11) is 2.90. The summed E-state index contributed by atoms with van der Waals surface area (Å²) in [5.74, 6) is 0.757. The van der Waals surface area contributed by atoms with Crippen LogP contribution in [0, 0.1) is 0 Å². The summed E-state index contributed by atoms with van der Waals surface area (Å²) in [5.41, 5.74) is 4.74. The smallest absolute Gasteiger partial charge is 0.427 e. The third-order valence-electron chi connectivity index (χ3n) is 2.86. The number of carbonyl (C=O) groups excluding carboxylic acids is 1. The van der Waals surface area contributed by atoms with Gasteiger partial charge in [-0.05, 0) is 24.3 Å². The van der Waals surface area contributed by atoms with Gasteiger partial charge in [0.05, 0.1) is 19.9 Å². The highest BCUT2D eigenvalue weighted by atomic mass is 16.5. The van der Waals surface area contributed by atoms with Crippen molar-refractivity contribution in [1.29, 1.82) is 0 Å². The third kappa shape index (κ3) is 3.82. The maximum Gasteiger partial charge on any atom is 0.427 e. The average Bonchev–Trinajstić information content (AvgIpc) is 2.56. The van der Waals surface area contributed by atoms with Crippen molar-refractivity contribution in [2.75, 3.05) is 14.2 Å². The molecule has 0 heterocycles. The van der Waals surface area contributed by atoms with Gasteiger partial charge in [0.25, 0.3) is 0 Å². The minimum Gasteiger partial charge on any atom is -0.497 e. The number of rotatable bonds is 4. The summed E-state index contributed by atoms with van der Waals surface area (Å²) < 4.78 is 9.67. The van der Waals surface area contributed by atoms with Crippen LogP contribution in [0.5, 0.6) is 5.75 Å². The van der Waals surface area contributed by atoms with Gasteiger partial charge in [-0.15, -0.1) is 0 Å². The molecule has 0 saturated heterocycles. The zero-order chi connectivity index (χ0) is 15.1. The van der Waals surface area contributed by atoms with Gasteiger partial charge in [0, 0.05) is 11.1 Å². The molecule has 5 heteroatoms. The molecule has 5 nitrogen and oxygen atoms in total. The van der Waals surface area contributed by atoms with Gasteiger partial charge in [-0.2, -0.15) is 5.10 Å². The average molecular weight is 284 g/mol. The molecule has 0 aliphatic heterocycles. The van der Waals surface area contributed by atoms with E-state index in [1.54, 1.807) is 7.11 Å². The van der Waals surface area contributed by atoms with Crippen molar-refractivity contribution in [3.63, 3.8) is 0 Å². The number of hydrazone groups is 1. The first-order valence-electron chi connectivity index (χ1n) is 6.36. The first-order valence-corrected chi connectivity index (χ1v) is 6.36. The van der Waals surface area contributed by atoms with E-state index < -0.39 is 6.09 Å². The monoisotopic (exact) mass is 284 g/mol. The Morgan fingerprint density at radius 2 is 1.57 bits per heavy atom. The molecule has 0 bridgehead atoms. The zero-order valence-corrected chi connectivity index (χ0v) is 11.9. The molecule has 0 aliphatic carbocycles. The van der Waals surface area contributed by atoms with Crippen LogP contribution in [0.25, 0.3) is 0 Å². The largest absolute Gasteiger partial charge is 0.497 e. The minimum absolute atomic E-state index is 0.614. The first-order chi connectivity index (χ1) is 10.2. The molecule has 2 aromatic carbocycles. The van der Waals surface area contributed by atoms with E-state index >= 15 is 0 Å². The molecule has 21 heavy (non-hydrogen) atoms. The molecule has 0 radical (unpaired) electrons. The summed E-state index contributed by atoms with van der Waals surface area (Å²) in [6, 6.07) is 17.0. The summed E-state index contributed by atoms with van der Waals surface area (Å²) in [5, 5.41) is 4.14. The summed E-state index contributed by atoms with van der Waals surface area (Å²) in [6.07, 6.45) is -0.614. The fourth-order valence-electron chi connectivity index (χ4n) is 1.79. The molecule has 0 saturated carbocycles. The number of methoxy groups -OCH3 is 2. The van der Waals surface area contributed by atoms with E-state index in [1.807, 2.05) is 54.6 Å². The van der Waals surface area contributed by atoms with Crippen molar-refractivity contribution >= 4 is 11.8 Å². The highest BCUT2D eigenvalue weighted by Crippen LogP contribution is 2.15. The number of nitrogens with zero attached hydrogens (tertiary/aromatic N) is 1. The third-order valence-corrected chi connectivity index (χ3v) is 2.86. The molecule has 0 aromatic heterocycles. The van der Waals surface area contributed by atoms with Gasteiger partial charge in [0.1, 0.15) is 5.75 Å². The van der Waals surface area contributed by atoms with Crippen molar-refractivity contribution in [3.8, 4) is 5.75 Å². The Morgan fingerprint density at radius 3 is 2.14 bits per heavy atom.